The summed E-state index contributed by atoms with van der Waals surface area (Å²) >= 11 is 1.39. The third-order valence-electron chi connectivity index (χ3n) is 5.43. The molecule has 4 rings (SSSR count). The molecule has 36 heavy (non-hydrogen) atoms. The number of anilines is 2. The maximum Gasteiger partial charge on any atom is 0.255 e. The average molecular weight is 503 g/mol. The molecule has 0 bridgehead atoms. The molecule has 3 aromatic rings. The highest BCUT2D eigenvalue weighted by Gasteiger charge is 2.28. The van der Waals surface area contributed by atoms with E-state index < -0.39 is 5.25 Å². The molecule has 0 saturated carbocycles. The first kappa shape index (κ1) is 25.0. The highest BCUT2D eigenvalue weighted by atomic mass is 32.2. The highest BCUT2D eigenvalue weighted by molar-refractivity contribution is 8.00. The van der Waals surface area contributed by atoms with Gasteiger partial charge >= 0.3 is 0 Å². The number of amides is 3. The fourth-order valence-electron chi connectivity index (χ4n) is 3.57. The number of hydrazone groups is 1. The molecular formula is C27H26N4O4S. The van der Waals surface area contributed by atoms with Crippen molar-refractivity contribution in [2.75, 3.05) is 17.4 Å². The number of rotatable bonds is 8. The molecule has 1 atom stereocenters. The Morgan fingerprint density at radius 3 is 2.47 bits per heavy atom. The Morgan fingerprint density at radius 2 is 1.78 bits per heavy atom. The number of para-hydroxylation sites is 1. The molecule has 184 valence electrons. The van der Waals surface area contributed by atoms with E-state index in [1.54, 1.807) is 49.6 Å². The van der Waals surface area contributed by atoms with Gasteiger partial charge in [0.25, 0.3) is 11.8 Å². The molecule has 9 heteroatoms. The van der Waals surface area contributed by atoms with E-state index in [0.717, 1.165) is 4.90 Å². The first-order valence-corrected chi connectivity index (χ1v) is 12.3. The van der Waals surface area contributed by atoms with Gasteiger partial charge < -0.3 is 15.4 Å². The van der Waals surface area contributed by atoms with E-state index in [2.05, 4.69) is 15.7 Å². The van der Waals surface area contributed by atoms with Crippen LogP contribution in [0.4, 0.5) is 11.4 Å². The molecule has 2 N–H and O–H groups in total. The van der Waals surface area contributed by atoms with E-state index in [-0.39, 0.29) is 24.1 Å². The lowest BCUT2D eigenvalue weighted by Crippen LogP contribution is -2.36. The van der Waals surface area contributed by atoms with E-state index in [9.17, 15) is 14.4 Å². The second-order valence-electron chi connectivity index (χ2n) is 7.98. The molecule has 1 unspecified atom stereocenters. The second-order valence-corrected chi connectivity index (χ2v) is 9.26. The summed E-state index contributed by atoms with van der Waals surface area (Å²) in [4.78, 5) is 38.8. The lowest BCUT2D eigenvalue weighted by molar-refractivity contribution is -0.119. The Morgan fingerprint density at radius 1 is 1.03 bits per heavy atom. The summed E-state index contributed by atoms with van der Waals surface area (Å²) < 4.78 is 5.13. The Labute approximate surface area is 213 Å². The summed E-state index contributed by atoms with van der Waals surface area (Å²) in [6, 6.07) is 23.3. The average Bonchev–Trinajstić information content (AvgIpc) is 3.27. The van der Waals surface area contributed by atoms with Crippen molar-refractivity contribution in [3.05, 3.63) is 84.4 Å². The summed E-state index contributed by atoms with van der Waals surface area (Å²) in [6.07, 6.45) is 0.608. The van der Waals surface area contributed by atoms with Crippen molar-refractivity contribution in [2.45, 2.75) is 29.9 Å². The minimum Gasteiger partial charge on any atom is -0.497 e. The number of hydrogen-bond donors (Lipinski definition) is 2. The maximum absolute atomic E-state index is 13.0. The van der Waals surface area contributed by atoms with Crippen LogP contribution in [0, 0.1) is 0 Å². The zero-order valence-corrected chi connectivity index (χ0v) is 20.7. The van der Waals surface area contributed by atoms with Crippen LogP contribution in [0.5, 0.6) is 5.75 Å². The molecule has 0 aliphatic carbocycles. The SMILES string of the molecule is CCC(Sc1cccc(NC(=O)c2ccc(OC)cc2)c1)C(=O)NC1=NN(c2ccccc2)C(=O)C1. The minimum absolute atomic E-state index is 0.0363. The van der Waals surface area contributed by atoms with Crippen LogP contribution in [0.3, 0.4) is 0 Å². The van der Waals surface area contributed by atoms with Gasteiger partial charge in [-0.25, -0.2) is 0 Å². The molecule has 3 amide bonds. The number of carbonyl (C=O) groups excluding carboxylic acids is 3. The van der Waals surface area contributed by atoms with Gasteiger partial charge in [-0.3, -0.25) is 14.4 Å². The Balaban J connectivity index is 1.38. The molecule has 0 saturated heterocycles. The zero-order valence-electron chi connectivity index (χ0n) is 19.9. The molecule has 0 radical (unpaired) electrons. The van der Waals surface area contributed by atoms with E-state index in [0.29, 0.717) is 34.9 Å². The van der Waals surface area contributed by atoms with Crippen molar-refractivity contribution in [3.63, 3.8) is 0 Å². The van der Waals surface area contributed by atoms with Gasteiger partial charge in [0.15, 0.2) is 0 Å². The zero-order chi connectivity index (χ0) is 25.5. The van der Waals surface area contributed by atoms with Gasteiger partial charge in [0.1, 0.15) is 11.6 Å². The standard InChI is InChI=1S/C27H26N4O4S/c1-3-23(27(34)29-24-17-25(32)31(30-24)20-9-5-4-6-10-20)36-22-11-7-8-19(16-22)28-26(33)18-12-14-21(35-2)15-13-18/h4-16,23H,3,17H2,1-2H3,(H,28,33)(H,29,30,34). The Bertz CT molecular complexity index is 1280. The van der Waals surface area contributed by atoms with Gasteiger partial charge in [0, 0.05) is 16.1 Å². The number of methoxy groups -OCH3 is 1. The maximum atomic E-state index is 13.0. The molecule has 0 fully saturated rings. The molecule has 1 aliphatic rings. The second kappa shape index (κ2) is 11.5. The predicted molar refractivity (Wildman–Crippen MR) is 141 cm³/mol. The Hall–Kier alpha value is -4.11. The first-order chi connectivity index (χ1) is 17.5. The Kier molecular flexibility index (Phi) is 8.02. The van der Waals surface area contributed by atoms with Crippen molar-refractivity contribution >= 4 is 46.7 Å². The van der Waals surface area contributed by atoms with Crippen LogP contribution in [0.2, 0.25) is 0 Å². The van der Waals surface area contributed by atoms with Crippen molar-refractivity contribution in [2.24, 2.45) is 5.10 Å². The van der Waals surface area contributed by atoms with Gasteiger partial charge in [0.05, 0.1) is 24.5 Å². The minimum atomic E-state index is -0.402. The van der Waals surface area contributed by atoms with Crippen LogP contribution in [0.25, 0.3) is 0 Å². The van der Waals surface area contributed by atoms with Crippen LogP contribution in [-0.4, -0.2) is 35.9 Å². The molecule has 0 spiro atoms. The lowest BCUT2D eigenvalue weighted by Gasteiger charge is -2.15. The van der Waals surface area contributed by atoms with E-state index in [4.69, 9.17) is 4.74 Å². The number of ether oxygens (including phenoxy) is 1. The molecule has 8 nitrogen and oxygen atoms in total. The van der Waals surface area contributed by atoms with Gasteiger partial charge in [0.2, 0.25) is 5.91 Å². The number of amidine groups is 1. The third kappa shape index (κ3) is 6.11. The van der Waals surface area contributed by atoms with Gasteiger partial charge in [-0.1, -0.05) is 31.2 Å². The van der Waals surface area contributed by atoms with E-state index in [1.807, 2.05) is 43.3 Å². The predicted octanol–water partition coefficient (Wildman–Crippen LogP) is 4.68. The molecule has 1 heterocycles. The van der Waals surface area contributed by atoms with Crippen molar-refractivity contribution in [1.82, 2.24) is 5.32 Å². The highest BCUT2D eigenvalue weighted by Crippen LogP contribution is 2.28. The summed E-state index contributed by atoms with van der Waals surface area (Å²) in [6.45, 7) is 1.92. The number of thioether (sulfide) groups is 1. The largest absolute Gasteiger partial charge is 0.497 e. The summed E-state index contributed by atoms with van der Waals surface area (Å²) in [5, 5.41) is 10.9. The summed E-state index contributed by atoms with van der Waals surface area (Å²) in [7, 11) is 1.57. The molecular weight excluding hydrogens is 476 g/mol. The molecule has 0 aromatic heterocycles. The smallest absolute Gasteiger partial charge is 0.255 e. The number of hydrogen-bond acceptors (Lipinski definition) is 6. The van der Waals surface area contributed by atoms with Crippen LogP contribution in [0.1, 0.15) is 30.1 Å². The number of carbonyl (C=O) groups is 3. The van der Waals surface area contributed by atoms with Crippen molar-refractivity contribution in [1.29, 1.82) is 0 Å². The third-order valence-corrected chi connectivity index (χ3v) is 6.79. The van der Waals surface area contributed by atoms with E-state index >= 15 is 0 Å². The fourth-order valence-corrected chi connectivity index (χ4v) is 4.59. The van der Waals surface area contributed by atoms with E-state index in [1.165, 1.54) is 16.8 Å². The molecule has 3 aromatic carbocycles. The first-order valence-electron chi connectivity index (χ1n) is 11.4. The normalized spacial score (nSPS) is 13.7. The summed E-state index contributed by atoms with van der Waals surface area (Å²) in [5.41, 5.74) is 1.79. The topological polar surface area (TPSA) is 100 Å². The summed E-state index contributed by atoms with van der Waals surface area (Å²) in [5.74, 6) is 0.341. The number of nitrogens with one attached hydrogen (secondary N) is 2. The number of benzene rings is 3. The van der Waals surface area contributed by atoms with Crippen molar-refractivity contribution in [3.8, 4) is 5.75 Å². The number of nitrogens with zero attached hydrogens (tertiary/aromatic N) is 2. The van der Waals surface area contributed by atoms with Crippen molar-refractivity contribution < 1.29 is 19.1 Å². The van der Waals surface area contributed by atoms with Crippen LogP contribution >= 0.6 is 11.8 Å². The van der Waals surface area contributed by atoms with Crippen LogP contribution < -0.4 is 20.4 Å². The van der Waals surface area contributed by atoms with Crippen LogP contribution in [0.15, 0.2) is 88.9 Å². The lowest BCUT2D eigenvalue weighted by atomic mass is 10.2. The quantitative estimate of drug-likeness (QED) is 0.436. The molecule has 1 aliphatic heterocycles. The van der Waals surface area contributed by atoms with Gasteiger partial charge in [-0.2, -0.15) is 10.1 Å². The van der Waals surface area contributed by atoms with Gasteiger partial charge in [-0.05, 0) is 61.0 Å². The van der Waals surface area contributed by atoms with Crippen LogP contribution in [-0.2, 0) is 9.59 Å². The monoisotopic (exact) mass is 502 g/mol. The van der Waals surface area contributed by atoms with Gasteiger partial charge in [-0.15, -0.1) is 11.8 Å². The fraction of sp³-hybridized carbons (Fsp3) is 0.185.